The lowest BCUT2D eigenvalue weighted by atomic mass is 9.98. The lowest BCUT2D eigenvalue weighted by molar-refractivity contribution is 0.818. The zero-order chi connectivity index (χ0) is 37.3. The number of allylic oxidation sites excluding steroid dienone is 4. The third-order valence-corrected chi connectivity index (χ3v) is 10.2. The molecular weight excluding hydrogens is 643 g/mol. The second kappa shape index (κ2) is 17.4. The second-order valence-electron chi connectivity index (χ2n) is 14.2. The van der Waals surface area contributed by atoms with Crippen LogP contribution in [0.3, 0.4) is 0 Å². The van der Waals surface area contributed by atoms with Crippen LogP contribution in [0.1, 0.15) is 85.9 Å². The Balaban J connectivity index is 0.000000902. The number of para-hydroxylation sites is 1. The van der Waals surface area contributed by atoms with E-state index in [4.69, 9.17) is 0 Å². The normalized spacial score (nSPS) is 12.5. The molecule has 4 aromatic carbocycles. The van der Waals surface area contributed by atoms with Crippen molar-refractivity contribution in [1.29, 1.82) is 0 Å². The predicted molar refractivity (Wildman–Crippen MR) is 231 cm³/mol. The smallest absolute Gasteiger partial charge is 0.0538 e. The van der Waals surface area contributed by atoms with Crippen molar-refractivity contribution in [3.8, 4) is 22.5 Å². The van der Waals surface area contributed by atoms with E-state index in [0.29, 0.717) is 5.92 Å². The van der Waals surface area contributed by atoms with Gasteiger partial charge >= 0.3 is 0 Å². The van der Waals surface area contributed by atoms with Crippen LogP contribution in [0.2, 0.25) is 0 Å². The Morgan fingerprint density at radius 3 is 1.87 bits per heavy atom. The van der Waals surface area contributed by atoms with Crippen LogP contribution in [0.4, 0.5) is 0 Å². The van der Waals surface area contributed by atoms with E-state index in [9.17, 15) is 0 Å². The fourth-order valence-electron chi connectivity index (χ4n) is 7.51. The first kappa shape index (κ1) is 37.4. The molecule has 3 nitrogen and oxygen atoms in total. The fraction of sp³-hybridized carbons (Fsp3) is 0.240. The lowest BCUT2D eigenvalue weighted by Gasteiger charge is -2.14. The summed E-state index contributed by atoms with van der Waals surface area (Å²) in [5.41, 5.74) is 17.0. The first-order valence-electron chi connectivity index (χ1n) is 19.3. The largest absolute Gasteiger partial charge is 0.316 e. The van der Waals surface area contributed by atoms with Gasteiger partial charge in [0, 0.05) is 34.7 Å². The highest BCUT2D eigenvalue weighted by Gasteiger charge is 2.21. The molecule has 1 aliphatic rings. The molecule has 6 aromatic rings. The second-order valence-corrected chi connectivity index (χ2v) is 14.2. The first-order valence-corrected chi connectivity index (χ1v) is 19.3. The topological polar surface area (TPSA) is 21.9 Å². The zero-order valence-electron chi connectivity index (χ0n) is 32.5. The van der Waals surface area contributed by atoms with E-state index >= 15 is 0 Å². The number of rotatable bonds is 11. The van der Waals surface area contributed by atoms with Crippen LogP contribution in [0.15, 0.2) is 128 Å². The molecule has 0 spiro atoms. The quantitative estimate of drug-likeness (QED) is 0.134. The Morgan fingerprint density at radius 2 is 1.28 bits per heavy atom. The molecule has 1 N–H and O–H groups in total. The van der Waals surface area contributed by atoms with Crippen molar-refractivity contribution in [3.05, 3.63) is 173 Å². The van der Waals surface area contributed by atoms with Crippen LogP contribution in [-0.4, -0.2) is 16.2 Å². The molecule has 0 atom stereocenters. The van der Waals surface area contributed by atoms with Crippen LogP contribution in [0.5, 0.6) is 0 Å². The molecular formula is C50H55N3. The summed E-state index contributed by atoms with van der Waals surface area (Å²) < 4.78 is 4.83. The lowest BCUT2D eigenvalue weighted by Crippen LogP contribution is -2.07. The Labute approximate surface area is 317 Å². The summed E-state index contributed by atoms with van der Waals surface area (Å²) in [4.78, 5) is 0. The summed E-state index contributed by atoms with van der Waals surface area (Å²) in [7, 11) is 2.01. The summed E-state index contributed by atoms with van der Waals surface area (Å²) in [6.07, 6.45) is 19.5. The molecule has 7 rings (SSSR count). The Morgan fingerprint density at radius 1 is 0.736 bits per heavy atom. The molecule has 0 aliphatic heterocycles. The molecule has 270 valence electrons. The molecule has 2 aromatic heterocycles. The SMILES string of the molecule is C/C=C\c1c(CC)c2c(n1-c1ccc(-c3ccc(Cc4ccc(-n5c(/C=C\C)c(CNC)c6ccccc65)cc4)cc3)cc1)C=CCC2.C=CC(C)C. The van der Waals surface area contributed by atoms with E-state index in [1.54, 1.807) is 0 Å². The van der Waals surface area contributed by atoms with Crippen molar-refractivity contribution >= 4 is 29.1 Å². The number of hydrogen-bond acceptors (Lipinski definition) is 1. The third kappa shape index (κ3) is 8.01. The maximum Gasteiger partial charge on any atom is 0.0538 e. The van der Waals surface area contributed by atoms with Gasteiger partial charge in [0.25, 0.3) is 0 Å². The highest BCUT2D eigenvalue weighted by Crippen LogP contribution is 2.35. The molecule has 0 bridgehead atoms. The van der Waals surface area contributed by atoms with Gasteiger partial charge in [-0.2, -0.15) is 0 Å². The number of nitrogens with one attached hydrogen (secondary N) is 1. The van der Waals surface area contributed by atoms with Gasteiger partial charge < -0.3 is 14.5 Å². The minimum atomic E-state index is 0.648. The van der Waals surface area contributed by atoms with E-state index in [0.717, 1.165) is 32.2 Å². The van der Waals surface area contributed by atoms with E-state index in [2.05, 4.69) is 189 Å². The van der Waals surface area contributed by atoms with Crippen molar-refractivity contribution in [2.75, 3.05) is 7.05 Å². The van der Waals surface area contributed by atoms with Crippen LogP contribution in [0.25, 0.3) is 51.6 Å². The highest BCUT2D eigenvalue weighted by atomic mass is 15.0. The molecule has 53 heavy (non-hydrogen) atoms. The summed E-state index contributed by atoms with van der Waals surface area (Å²) in [5, 5.41) is 4.66. The Hall–Kier alpha value is -5.38. The van der Waals surface area contributed by atoms with Crippen molar-refractivity contribution in [2.24, 2.45) is 5.92 Å². The molecule has 0 unspecified atom stereocenters. The van der Waals surface area contributed by atoms with E-state index in [1.807, 2.05) is 13.1 Å². The van der Waals surface area contributed by atoms with Gasteiger partial charge in [0.2, 0.25) is 0 Å². The minimum Gasteiger partial charge on any atom is -0.316 e. The first-order chi connectivity index (χ1) is 25.9. The molecule has 0 fully saturated rings. The van der Waals surface area contributed by atoms with E-state index in [-0.39, 0.29) is 0 Å². The number of benzene rings is 4. The summed E-state index contributed by atoms with van der Waals surface area (Å²) in [5.74, 6) is 0.648. The van der Waals surface area contributed by atoms with Gasteiger partial charge in [0.05, 0.1) is 11.2 Å². The maximum atomic E-state index is 3.56. The summed E-state index contributed by atoms with van der Waals surface area (Å²) in [6.45, 7) is 15.1. The fourth-order valence-corrected chi connectivity index (χ4v) is 7.51. The standard InChI is InChI=1S/C45H45N3.C5H10/c1-5-12-42-38(7-3)39-14-8-10-16-44(39)47(42)37-28-24-35(25-29-37)34-22-18-32(19-23-34)30-33-20-26-36(27-21-33)48-43(13-6-2)41(31-46-4)40-15-9-11-17-45(40)48;1-4-5(2)3/h5-6,9-13,15-29,46H,7-8,14,30-31H2,1-4H3;4-5H,1H2,2-3H3/b12-5-,13-6-;. The van der Waals surface area contributed by atoms with Gasteiger partial charge in [-0.15, -0.1) is 6.58 Å². The molecule has 0 amide bonds. The monoisotopic (exact) mass is 697 g/mol. The molecule has 1 aliphatic carbocycles. The van der Waals surface area contributed by atoms with Gasteiger partial charge in [-0.25, -0.2) is 0 Å². The van der Waals surface area contributed by atoms with Crippen molar-refractivity contribution in [1.82, 2.24) is 14.5 Å². The van der Waals surface area contributed by atoms with Crippen LogP contribution < -0.4 is 5.32 Å². The Kier molecular flexibility index (Phi) is 12.3. The summed E-state index contributed by atoms with van der Waals surface area (Å²) in [6, 6.07) is 35.9. The number of hydrogen-bond donors (Lipinski definition) is 1. The maximum absolute atomic E-state index is 3.56. The van der Waals surface area contributed by atoms with Gasteiger partial charge in [-0.3, -0.25) is 0 Å². The summed E-state index contributed by atoms with van der Waals surface area (Å²) >= 11 is 0. The Bertz CT molecular complexity index is 2230. The van der Waals surface area contributed by atoms with Crippen LogP contribution >= 0.6 is 0 Å². The number of aromatic nitrogens is 2. The number of nitrogens with zero attached hydrogens (tertiary/aromatic N) is 2. The van der Waals surface area contributed by atoms with Crippen LogP contribution in [-0.2, 0) is 25.8 Å². The van der Waals surface area contributed by atoms with Crippen molar-refractivity contribution < 1.29 is 0 Å². The molecule has 0 saturated heterocycles. The minimum absolute atomic E-state index is 0.648. The molecule has 0 saturated carbocycles. The highest BCUT2D eigenvalue weighted by molar-refractivity contribution is 5.90. The van der Waals surface area contributed by atoms with Crippen molar-refractivity contribution in [3.63, 3.8) is 0 Å². The van der Waals surface area contributed by atoms with Gasteiger partial charge in [-0.1, -0.05) is 112 Å². The molecule has 2 heterocycles. The van der Waals surface area contributed by atoms with Gasteiger partial charge in [0.1, 0.15) is 0 Å². The van der Waals surface area contributed by atoms with Crippen LogP contribution in [0, 0.1) is 5.92 Å². The van der Waals surface area contributed by atoms with E-state index in [1.165, 1.54) is 78.3 Å². The molecule has 3 heteroatoms. The zero-order valence-corrected chi connectivity index (χ0v) is 32.5. The third-order valence-electron chi connectivity index (χ3n) is 10.2. The van der Waals surface area contributed by atoms with Gasteiger partial charge in [-0.05, 0) is 140 Å². The average Bonchev–Trinajstić information content (AvgIpc) is 3.67. The number of fused-ring (bicyclic) bond motifs is 2. The van der Waals surface area contributed by atoms with Crippen molar-refractivity contribution in [2.45, 2.75) is 66.8 Å². The molecule has 0 radical (unpaired) electrons. The van der Waals surface area contributed by atoms with Gasteiger partial charge in [0.15, 0.2) is 0 Å². The average molecular weight is 698 g/mol. The van der Waals surface area contributed by atoms with E-state index < -0.39 is 0 Å². The predicted octanol–water partition coefficient (Wildman–Crippen LogP) is 12.8.